The normalized spacial score (nSPS) is 10.5. The number of aryl methyl sites for hydroxylation is 1. The Morgan fingerprint density at radius 1 is 1.19 bits per heavy atom. The number of nitrogens with zero attached hydrogens (tertiary/aromatic N) is 2. The van der Waals surface area contributed by atoms with E-state index in [0.29, 0.717) is 0 Å². The van der Waals surface area contributed by atoms with Gasteiger partial charge < -0.3 is 0 Å². The second kappa shape index (κ2) is 6.42. The topological polar surface area (TPSA) is 84.6 Å². The third-order valence-electron chi connectivity index (χ3n) is 2.80. The number of hydrazone groups is 1. The highest BCUT2D eigenvalue weighted by Crippen LogP contribution is 2.17. The molecule has 21 heavy (non-hydrogen) atoms. The van der Waals surface area contributed by atoms with Crippen molar-refractivity contribution in [1.82, 2.24) is 5.43 Å². The van der Waals surface area contributed by atoms with Gasteiger partial charge in [0.1, 0.15) is 5.56 Å². The van der Waals surface area contributed by atoms with Gasteiger partial charge in [-0.15, -0.1) is 0 Å². The molecule has 2 aromatic carbocycles. The molecule has 2 aromatic rings. The van der Waals surface area contributed by atoms with Crippen molar-refractivity contribution in [3.05, 3.63) is 75.3 Å². The maximum absolute atomic E-state index is 11.9. The van der Waals surface area contributed by atoms with Crippen LogP contribution in [0.4, 0.5) is 5.69 Å². The number of para-hydroxylation sites is 1. The van der Waals surface area contributed by atoms with Gasteiger partial charge in [0.2, 0.25) is 0 Å². The first kappa shape index (κ1) is 14.4. The van der Waals surface area contributed by atoms with Gasteiger partial charge in [-0.05, 0) is 18.6 Å². The van der Waals surface area contributed by atoms with Crippen LogP contribution in [0.1, 0.15) is 21.5 Å². The van der Waals surface area contributed by atoms with Crippen LogP contribution in [-0.2, 0) is 0 Å². The molecule has 6 heteroatoms. The van der Waals surface area contributed by atoms with Crippen molar-refractivity contribution in [1.29, 1.82) is 0 Å². The van der Waals surface area contributed by atoms with Gasteiger partial charge in [-0.3, -0.25) is 14.9 Å². The van der Waals surface area contributed by atoms with Crippen molar-refractivity contribution < 1.29 is 9.72 Å². The molecule has 0 radical (unpaired) electrons. The summed E-state index contributed by atoms with van der Waals surface area (Å²) in [7, 11) is 0. The van der Waals surface area contributed by atoms with E-state index in [4.69, 9.17) is 0 Å². The van der Waals surface area contributed by atoms with E-state index >= 15 is 0 Å². The zero-order valence-corrected chi connectivity index (χ0v) is 11.3. The highest BCUT2D eigenvalue weighted by molar-refractivity contribution is 5.98. The minimum Gasteiger partial charge on any atom is -0.267 e. The quantitative estimate of drug-likeness (QED) is 0.532. The second-order valence-electron chi connectivity index (χ2n) is 4.38. The molecule has 0 saturated heterocycles. The first-order valence-corrected chi connectivity index (χ1v) is 6.21. The molecular weight excluding hydrogens is 270 g/mol. The Kier molecular flexibility index (Phi) is 4.40. The zero-order valence-electron chi connectivity index (χ0n) is 11.3. The van der Waals surface area contributed by atoms with E-state index < -0.39 is 10.8 Å². The van der Waals surface area contributed by atoms with Crippen LogP contribution in [0.3, 0.4) is 0 Å². The Morgan fingerprint density at radius 3 is 2.52 bits per heavy atom. The van der Waals surface area contributed by atoms with E-state index in [9.17, 15) is 14.9 Å². The van der Waals surface area contributed by atoms with Crippen molar-refractivity contribution in [2.45, 2.75) is 6.92 Å². The van der Waals surface area contributed by atoms with Gasteiger partial charge in [-0.2, -0.15) is 5.10 Å². The predicted molar refractivity (Wildman–Crippen MR) is 79.3 cm³/mol. The van der Waals surface area contributed by atoms with E-state index in [2.05, 4.69) is 10.5 Å². The summed E-state index contributed by atoms with van der Waals surface area (Å²) < 4.78 is 0. The van der Waals surface area contributed by atoms with Crippen molar-refractivity contribution >= 4 is 17.8 Å². The minimum atomic E-state index is -0.620. The lowest BCUT2D eigenvalue weighted by Crippen LogP contribution is -2.18. The molecule has 0 atom stereocenters. The molecule has 6 nitrogen and oxygen atoms in total. The summed E-state index contributed by atoms with van der Waals surface area (Å²) in [6.07, 6.45) is 1.48. The van der Waals surface area contributed by atoms with Crippen molar-refractivity contribution in [3.8, 4) is 0 Å². The zero-order chi connectivity index (χ0) is 15.2. The Balaban J connectivity index is 2.08. The monoisotopic (exact) mass is 283 g/mol. The van der Waals surface area contributed by atoms with Gasteiger partial charge in [0.15, 0.2) is 0 Å². The Bertz CT molecular complexity index is 694. The minimum absolute atomic E-state index is 0.0245. The van der Waals surface area contributed by atoms with Crippen LogP contribution in [0, 0.1) is 17.0 Å². The Hall–Kier alpha value is -3.02. The fourth-order valence-electron chi connectivity index (χ4n) is 1.70. The smallest absolute Gasteiger partial charge is 0.267 e. The lowest BCUT2D eigenvalue weighted by Gasteiger charge is -2.01. The number of rotatable bonds is 4. The van der Waals surface area contributed by atoms with Crippen LogP contribution in [0.25, 0.3) is 0 Å². The molecular formula is C15H13N3O3. The predicted octanol–water partition coefficient (Wildman–Crippen LogP) is 2.67. The summed E-state index contributed by atoms with van der Waals surface area (Å²) in [5, 5.41) is 14.6. The number of carbonyl (C=O) groups excluding carboxylic acids is 1. The molecule has 0 saturated carbocycles. The molecule has 1 N–H and O–H groups in total. The molecule has 0 aromatic heterocycles. The van der Waals surface area contributed by atoms with E-state index in [1.54, 1.807) is 6.07 Å². The fourth-order valence-corrected chi connectivity index (χ4v) is 1.70. The van der Waals surface area contributed by atoms with E-state index in [1.165, 1.54) is 24.4 Å². The maximum atomic E-state index is 11.9. The third kappa shape index (κ3) is 3.73. The van der Waals surface area contributed by atoms with E-state index in [-0.39, 0.29) is 11.3 Å². The van der Waals surface area contributed by atoms with Gasteiger partial charge in [0, 0.05) is 6.07 Å². The van der Waals surface area contributed by atoms with E-state index in [0.717, 1.165) is 11.1 Å². The summed E-state index contributed by atoms with van der Waals surface area (Å²) >= 11 is 0. The average Bonchev–Trinajstić information content (AvgIpc) is 2.49. The van der Waals surface area contributed by atoms with Crippen molar-refractivity contribution in [2.24, 2.45) is 5.10 Å². The van der Waals surface area contributed by atoms with Crippen LogP contribution in [0.2, 0.25) is 0 Å². The number of carbonyl (C=O) groups is 1. The summed E-state index contributed by atoms with van der Waals surface area (Å²) in [6.45, 7) is 1.97. The average molecular weight is 283 g/mol. The summed E-state index contributed by atoms with van der Waals surface area (Å²) in [5.41, 5.74) is 3.95. The van der Waals surface area contributed by atoms with Crippen molar-refractivity contribution in [2.75, 3.05) is 0 Å². The standard InChI is InChI=1S/C15H13N3O3/c1-11-6-8-12(9-7-11)10-16-17-15(19)13-4-2-3-5-14(13)18(20)21/h2-10H,1H3,(H,17,19)/b16-10-. The number of amides is 1. The van der Waals surface area contributed by atoms with Crippen LogP contribution < -0.4 is 5.43 Å². The lowest BCUT2D eigenvalue weighted by molar-refractivity contribution is -0.385. The number of benzene rings is 2. The fraction of sp³-hybridized carbons (Fsp3) is 0.0667. The molecule has 0 unspecified atom stereocenters. The van der Waals surface area contributed by atoms with Gasteiger partial charge in [0.05, 0.1) is 11.1 Å². The molecule has 0 spiro atoms. The van der Waals surface area contributed by atoms with E-state index in [1.807, 2.05) is 31.2 Å². The molecule has 1 amide bonds. The molecule has 2 rings (SSSR count). The number of nitro groups is 1. The SMILES string of the molecule is Cc1ccc(/C=N\NC(=O)c2ccccc2[N+](=O)[O-])cc1. The summed E-state index contributed by atoms with van der Waals surface area (Å²) in [4.78, 5) is 22.1. The van der Waals surface area contributed by atoms with Crippen LogP contribution >= 0.6 is 0 Å². The largest absolute Gasteiger partial charge is 0.282 e. The lowest BCUT2D eigenvalue weighted by atomic mass is 10.2. The van der Waals surface area contributed by atoms with Gasteiger partial charge in [-0.25, -0.2) is 5.43 Å². The molecule has 0 aliphatic carbocycles. The molecule has 106 valence electrons. The number of hydrogen-bond donors (Lipinski definition) is 1. The molecule has 0 aliphatic heterocycles. The van der Waals surface area contributed by atoms with Crippen LogP contribution in [0.15, 0.2) is 53.6 Å². The van der Waals surface area contributed by atoms with Crippen LogP contribution in [0.5, 0.6) is 0 Å². The maximum Gasteiger partial charge on any atom is 0.282 e. The summed E-state index contributed by atoms with van der Waals surface area (Å²) in [6, 6.07) is 13.3. The van der Waals surface area contributed by atoms with Gasteiger partial charge >= 0.3 is 0 Å². The Morgan fingerprint density at radius 2 is 1.86 bits per heavy atom. The molecule has 0 bridgehead atoms. The highest BCUT2D eigenvalue weighted by Gasteiger charge is 2.18. The number of nitrogens with one attached hydrogen (secondary N) is 1. The molecule has 0 aliphatic rings. The molecule has 0 heterocycles. The highest BCUT2D eigenvalue weighted by atomic mass is 16.6. The van der Waals surface area contributed by atoms with Gasteiger partial charge in [-0.1, -0.05) is 42.0 Å². The summed E-state index contributed by atoms with van der Waals surface area (Å²) in [5.74, 6) is -0.620. The Labute approximate surface area is 121 Å². The van der Waals surface area contributed by atoms with Crippen LogP contribution in [-0.4, -0.2) is 17.0 Å². The number of hydrogen-bond acceptors (Lipinski definition) is 4. The number of nitro benzene ring substituents is 1. The first-order chi connectivity index (χ1) is 10.1. The van der Waals surface area contributed by atoms with Gasteiger partial charge in [0.25, 0.3) is 11.6 Å². The van der Waals surface area contributed by atoms with Crippen molar-refractivity contribution in [3.63, 3.8) is 0 Å². The third-order valence-corrected chi connectivity index (χ3v) is 2.80. The molecule has 0 fully saturated rings. The second-order valence-corrected chi connectivity index (χ2v) is 4.38. The first-order valence-electron chi connectivity index (χ1n) is 6.21.